The Bertz CT molecular complexity index is 555. The summed E-state index contributed by atoms with van der Waals surface area (Å²) in [6.07, 6.45) is 0. The largest absolute Gasteiger partial charge is 0.398 e. The number of nitrogens with two attached hydrogens (primary N) is 1. The fourth-order valence-electron chi connectivity index (χ4n) is 1.56. The van der Waals surface area contributed by atoms with Gasteiger partial charge in [-0.25, -0.2) is 0 Å². The molecule has 4 heteroatoms. The minimum Gasteiger partial charge on any atom is -0.398 e. The van der Waals surface area contributed by atoms with Crippen molar-refractivity contribution in [1.29, 1.82) is 0 Å². The second-order valence-electron chi connectivity index (χ2n) is 3.82. The maximum Gasteiger partial charge on any atom is 0.0656 e. The summed E-state index contributed by atoms with van der Waals surface area (Å²) in [5, 5.41) is 3.87. The molecule has 2 rings (SSSR count). The zero-order chi connectivity index (χ0) is 12.4. The van der Waals surface area contributed by atoms with E-state index in [4.69, 9.17) is 17.3 Å². The topological polar surface area (TPSA) is 38.0 Å². The molecule has 0 unspecified atom stereocenters. The first kappa shape index (κ1) is 12.3. The van der Waals surface area contributed by atoms with Gasteiger partial charge in [0.1, 0.15) is 0 Å². The SMILES string of the molecule is Cc1cc(N)c(Cl)cc1Nc1cccc(Br)c1. The van der Waals surface area contributed by atoms with Crippen LogP contribution in [0.3, 0.4) is 0 Å². The molecule has 0 amide bonds. The molecule has 0 atom stereocenters. The first-order chi connectivity index (χ1) is 8.06. The minimum atomic E-state index is 0.563. The Morgan fingerprint density at radius 2 is 2.00 bits per heavy atom. The Morgan fingerprint density at radius 1 is 1.24 bits per heavy atom. The quantitative estimate of drug-likeness (QED) is 0.786. The van der Waals surface area contributed by atoms with E-state index >= 15 is 0 Å². The van der Waals surface area contributed by atoms with E-state index < -0.39 is 0 Å². The van der Waals surface area contributed by atoms with E-state index in [0.29, 0.717) is 10.7 Å². The first-order valence-electron chi connectivity index (χ1n) is 5.14. The van der Waals surface area contributed by atoms with Crippen molar-refractivity contribution < 1.29 is 0 Å². The van der Waals surface area contributed by atoms with Gasteiger partial charge in [-0.3, -0.25) is 0 Å². The highest BCUT2D eigenvalue weighted by Crippen LogP contribution is 2.29. The number of benzene rings is 2. The molecule has 0 saturated carbocycles. The van der Waals surface area contributed by atoms with Crippen molar-refractivity contribution in [2.24, 2.45) is 0 Å². The number of aryl methyl sites for hydroxylation is 1. The molecule has 0 aromatic heterocycles. The van der Waals surface area contributed by atoms with Gasteiger partial charge >= 0.3 is 0 Å². The predicted octanol–water partition coefficient (Wildman–Crippen LogP) is 4.74. The van der Waals surface area contributed by atoms with Crippen LogP contribution in [0.1, 0.15) is 5.56 Å². The third kappa shape index (κ3) is 2.93. The van der Waals surface area contributed by atoms with Gasteiger partial charge in [0, 0.05) is 15.8 Å². The molecule has 2 nitrogen and oxygen atoms in total. The molecule has 0 aliphatic carbocycles. The van der Waals surface area contributed by atoms with E-state index in [1.807, 2.05) is 43.3 Å². The van der Waals surface area contributed by atoms with Gasteiger partial charge in [0.15, 0.2) is 0 Å². The van der Waals surface area contributed by atoms with Gasteiger partial charge in [-0.1, -0.05) is 33.6 Å². The third-order valence-corrected chi connectivity index (χ3v) is 3.27. The summed E-state index contributed by atoms with van der Waals surface area (Å²) in [7, 11) is 0. The number of hydrogen-bond donors (Lipinski definition) is 2. The molecule has 0 fully saturated rings. The van der Waals surface area contributed by atoms with Crippen LogP contribution in [0.25, 0.3) is 0 Å². The lowest BCUT2D eigenvalue weighted by Crippen LogP contribution is -1.95. The van der Waals surface area contributed by atoms with E-state index in [1.165, 1.54) is 0 Å². The van der Waals surface area contributed by atoms with Gasteiger partial charge in [0.05, 0.1) is 10.7 Å². The Labute approximate surface area is 114 Å². The van der Waals surface area contributed by atoms with Crippen molar-refractivity contribution in [3.05, 3.63) is 51.5 Å². The normalized spacial score (nSPS) is 10.3. The van der Waals surface area contributed by atoms with E-state index in [9.17, 15) is 0 Å². The molecule has 0 spiro atoms. The average Bonchev–Trinajstić information content (AvgIpc) is 2.26. The molecular formula is C13H12BrClN2. The van der Waals surface area contributed by atoms with Crippen LogP contribution in [0, 0.1) is 6.92 Å². The van der Waals surface area contributed by atoms with Gasteiger partial charge in [-0.2, -0.15) is 0 Å². The number of halogens is 2. The van der Waals surface area contributed by atoms with Crippen molar-refractivity contribution in [3.63, 3.8) is 0 Å². The van der Waals surface area contributed by atoms with Crippen LogP contribution in [-0.2, 0) is 0 Å². The summed E-state index contributed by atoms with van der Waals surface area (Å²) >= 11 is 9.44. The summed E-state index contributed by atoms with van der Waals surface area (Å²) in [6, 6.07) is 11.7. The van der Waals surface area contributed by atoms with Crippen LogP contribution in [0.2, 0.25) is 5.02 Å². The minimum absolute atomic E-state index is 0.563. The van der Waals surface area contributed by atoms with Gasteiger partial charge in [-0.15, -0.1) is 0 Å². The Hall–Kier alpha value is -1.19. The number of nitrogen functional groups attached to an aromatic ring is 1. The zero-order valence-corrected chi connectivity index (χ0v) is 11.6. The Balaban J connectivity index is 2.33. The van der Waals surface area contributed by atoms with E-state index in [-0.39, 0.29) is 0 Å². The number of anilines is 3. The molecule has 2 aromatic carbocycles. The molecule has 88 valence electrons. The summed E-state index contributed by atoms with van der Waals surface area (Å²) in [4.78, 5) is 0. The van der Waals surface area contributed by atoms with Crippen molar-refractivity contribution in [2.75, 3.05) is 11.1 Å². The van der Waals surface area contributed by atoms with Crippen LogP contribution in [0.4, 0.5) is 17.1 Å². The highest BCUT2D eigenvalue weighted by Gasteiger charge is 2.04. The Morgan fingerprint density at radius 3 is 2.71 bits per heavy atom. The molecule has 17 heavy (non-hydrogen) atoms. The second kappa shape index (κ2) is 4.98. The highest BCUT2D eigenvalue weighted by molar-refractivity contribution is 9.10. The maximum absolute atomic E-state index is 6.01. The predicted molar refractivity (Wildman–Crippen MR) is 78.0 cm³/mol. The standard InChI is InChI=1S/C13H12BrClN2/c1-8-5-12(16)11(15)7-13(8)17-10-4-2-3-9(14)6-10/h2-7,17H,16H2,1H3. The molecule has 0 heterocycles. The smallest absolute Gasteiger partial charge is 0.0656 e. The zero-order valence-electron chi connectivity index (χ0n) is 9.30. The fourth-order valence-corrected chi connectivity index (χ4v) is 2.12. The van der Waals surface area contributed by atoms with Crippen molar-refractivity contribution in [3.8, 4) is 0 Å². The van der Waals surface area contributed by atoms with E-state index in [1.54, 1.807) is 0 Å². The molecule has 0 saturated heterocycles. The first-order valence-corrected chi connectivity index (χ1v) is 6.31. The van der Waals surface area contributed by atoms with Crippen molar-refractivity contribution in [1.82, 2.24) is 0 Å². The Kier molecular flexibility index (Phi) is 3.60. The van der Waals surface area contributed by atoms with Crippen LogP contribution >= 0.6 is 27.5 Å². The lowest BCUT2D eigenvalue weighted by atomic mass is 10.1. The molecule has 2 aromatic rings. The van der Waals surface area contributed by atoms with Crippen LogP contribution < -0.4 is 11.1 Å². The summed E-state index contributed by atoms with van der Waals surface area (Å²) < 4.78 is 1.03. The number of hydrogen-bond acceptors (Lipinski definition) is 2. The summed E-state index contributed by atoms with van der Waals surface area (Å²) in [6.45, 7) is 1.99. The van der Waals surface area contributed by atoms with Crippen molar-refractivity contribution >= 4 is 44.6 Å². The van der Waals surface area contributed by atoms with E-state index in [0.717, 1.165) is 21.4 Å². The lowest BCUT2D eigenvalue weighted by Gasteiger charge is -2.11. The average molecular weight is 312 g/mol. The van der Waals surface area contributed by atoms with Crippen LogP contribution in [0.15, 0.2) is 40.9 Å². The lowest BCUT2D eigenvalue weighted by molar-refractivity contribution is 1.43. The molecule has 0 bridgehead atoms. The molecule has 0 aliphatic rings. The van der Waals surface area contributed by atoms with Crippen molar-refractivity contribution in [2.45, 2.75) is 6.92 Å². The summed E-state index contributed by atoms with van der Waals surface area (Å²) in [5.41, 5.74) is 9.37. The molecular weight excluding hydrogens is 300 g/mol. The van der Waals surface area contributed by atoms with Crippen LogP contribution in [0.5, 0.6) is 0 Å². The van der Waals surface area contributed by atoms with Gasteiger partial charge in [-0.05, 0) is 42.8 Å². The summed E-state index contributed by atoms with van der Waals surface area (Å²) in [5.74, 6) is 0. The third-order valence-electron chi connectivity index (χ3n) is 2.45. The maximum atomic E-state index is 6.01. The van der Waals surface area contributed by atoms with Gasteiger partial charge < -0.3 is 11.1 Å². The second-order valence-corrected chi connectivity index (χ2v) is 5.15. The molecule has 0 radical (unpaired) electrons. The van der Waals surface area contributed by atoms with Gasteiger partial charge in [0.25, 0.3) is 0 Å². The number of nitrogens with one attached hydrogen (secondary N) is 1. The molecule has 0 aliphatic heterocycles. The van der Waals surface area contributed by atoms with Crippen LogP contribution in [-0.4, -0.2) is 0 Å². The molecule has 3 N–H and O–H groups in total. The van der Waals surface area contributed by atoms with E-state index in [2.05, 4.69) is 21.2 Å². The highest BCUT2D eigenvalue weighted by atomic mass is 79.9. The van der Waals surface area contributed by atoms with Gasteiger partial charge in [0.2, 0.25) is 0 Å². The number of rotatable bonds is 2. The fraction of sp³-hybridized carbons (Fsp3) is 0.0769. The monoisotopic (exact) mass is 310 g/mol.